The molecule has 0 unspecified atom stereocenters. The largest absolute Gasteiger partial charge is 0.310 e. The van der Waals surface area contributed by atoms with Crippen molar-refractivity contribution in [2.45, 2.75) is 32.7 Å². The number of fused-ring (bicyclic) bond motifs is 1. The minimum atomic E-state index is 0.578. The SMILES string of the molecule is CC(=Cc1cc2ccc(C)cc2nc1Cl)CNC1CC1. The fourth-order valence-electron chi connectivity index (χ4n) is 2.28. The molecule has 0 amide bonds. The molecule has 20 heavy (non-hydrogen) atoms. The molecule has 0 aliphatic heterocycles. The van der Waals surface area contributed by atoms with Crippen molar-refractivity contribution in [1.82, 2.24) is 10.3 Å². The van der Waals surface area contributed by atoms with E-state index in [4.69, 9.17) is 11.6 Å². The normalized spacial score (nSPS) is 15.8. The molecule has 1 aromatic carbocycles. The summed E-state index contributed by atoms with van der Waals surface area (Å²) in [7, 11) is 0. The van der Waals surface area contributed by atoms with E-state index in [-0.39, 0.29) is 0 Å². The second-order valence-corrected chi connectivity index (χ2v) is 6.07. The summed E-state index contributed by atoms with van der Waals surface area (Å²) in [6, 6.07) is 9.11. The maximum absolute atomic E-state index is 6.30. The Morgan fingerprint density at radius 1 is 1.40 bits per heavy atom. The molecule has 1 heterocycles. The van der Waals surface area contributed by atoms with Gasteiger partial charge in [-0.15, -0.1) is 0 Å². The first kappa shape index (κ1) is 13.6. The summed E-state index contributed by atoms with van der Waals surface area (Å²) < 4.78 is 0. The van der Waals surface area contributed by atoms with Gasteiger partial charge in [-0.05, 0) is 44.4 Å². The number of rotatable bonds is 4. The molecule has 0 saturated heterocycles. The van der Waals surface area contributed by atoms with E-state index in [1.807, 2.05) is 0 Å². The van der Waals surface area contributed by atoms with E-state index in [0.717, 1.165) is 29.1 Å². The van der Waals surface area contributed by atoms with Crippen molar-refractivity contribution >= 4 is 28.6 Å². The van der Waals surface area contributed by atoms with Crippen LogP contribution in [0.15, 0.2) is 29.8 Å². The van der Waals surface area contributed by atoms with Gasteiger partial charge in [-0.1, -0.05) is 35.4 Å². The van der Waals surface area contributed by atoms with Gasteiger partial charge in [-0.3, -0.25) is 0 Å². The molecule has 1 N–H and O–H groups in total. The Morgan fingerprint density at radius 3 is 2.95 bits per heavy atom. The Hall–Kier alpha value is -1.38. The summed E-state index contributed by atoms with van der Waals surface area (Å²) >= 11 is 6.30. The minimum absolute atomic E-state index is 0.578. The molecule has 0 spiro atoms. The van der Waals surface area contributed by atoms with Crippen LogP contribution >= 0.6 is 11.6 Å². The van der Waals surface area contributed by atoms with Crippen molar-refractivity contribution < 1.29 is 0 Å². The van der Waals surface area contributed by atoms with Crippen LogP contribution in [0, 0.1) is 6.92 Å². The van der Waals surface area contributed by atoms with E-state index in [2.05, 4.69) is 54.5 Å². The number of benzene rings is 1. The van der Waals surface area contributed by atoms with E-state index < -0.39 is 0 Å². The number of nitrogens with one attached hydrogen (secondary N) is 1. The predicted octanol–water partition coefficient (Wildman–Crippen LogP) is 4.35. The average molecular weight is 287 g/mol. The molecule has 2 nitrogen and oxygen atoms in total. The van der Waals surface area contributed by atoms with Crippen molar-refractivity contribution in [3.05, 3.63) is 46.1 Å². The number of hydrogen-bond acceptors (Lipinski definition) is 2. The minimum Gasteiger partial charge on any atom is -0.310 e. The Morgan fingerprint density at radius 2 is 2.20 bits per heavy atom. The molecule has 3 rings (SSSR count). The molecule has 1 saturated carbocycles. The highest BCUT2D eigenvalue weighted by Gasteiger charge is 2.19. The first-order valence-electron chi connectivity index (χ1n) is 7.09. The summed E-state index contributed by atoms with van der Waals surface area (Å²) in [4.78, 5) is 4.50. The molecule has 1 fully saturated rings. The van der Waals surface area contributed by atoms with Gasteiger partial charge in [0.05, 0.1) is 5.52 Å². The predicted molar refractivity (Wildman–Crippen MR) is 86.2 cm³/mol. The fraction of sp³-hybridized carbons (Fsp3) is 0.353. The second-order valence-electron chi connectivity index (χ2n) is 5.71. The lowest BCUT2D eigenvalue weighted by Gasteiger charge is -2.06. The molecule has 2 aromatic rings. The van der Waals surface area contributed by atoms with Crippen LogP contribution in [0.1, 0.15) is 30.9 Å². The van der Waals surface area contributed by atoms with Crippen LogP contribution in [0.2, 0.25) is 5.15 Å². The van der Waals surface area contributed by atoms with Gasteiger partial charge in [0, 0.05) is 23.5 Å². The van der Waals surface area contributed by atoms with Crippen LogP contribution in [-0.2, 0) is 0 Å². The summed E-state index contributed by atoms with van der Waals surface area (Å²) in [5.41, 5.74) is 4.44. The van der Waals surface area contributed by atoms with Crippen LogP contribution < -0.4 is 5.32 Å². The van der Waals surface area contributed by atoms with Gasteiger partial charge in [-0.25, -0.2) is 4.98 Å². The number of aryl methyl sites for hydroxylation is 1. The number of halogens is 1. The third-order valence-electron chi connectivity index (χ3n) is 3.60. The summed E-state index contributed by atoms with van der Waals surface area (Å²) in [6.07, 6.45) is 4.75. The van der Waals surface area contributed by atoms with E-state index in [9.17, 15) is 0 Å². The maximum atomic E-state index is 6.30. The first-order chi connectivity index (χ1) is 9.61. The highest BCUT2D eigenvalue weighted by molar-refractivity contribution is 6.31. The molecule has 1 aliphatic carbocycles. The number of pyridine rings is 1. The zero-order chi connectivity index (χ0) is 14.1. The third kappa shape index (κ3) is 3.20. The highest BCUT2D eigenvalue weighted by atomic mass is 35.5. The first-order valence-corrected chi connectivity index (χ1v) is 7.47. The summed E-state index contributed by atoms with van der Waals surface area (Å²) in [5, 5.41) is 5.22. The Balaban J connectivity index is 1.87. The van der Waals surface area contributed by atoms with Crippen LogP contribution in [-0.4, -0.2) is 17.6 Å². The van der Waals surface area contributed by atoms with Crippen molar-refractivity contribution in [1.29, 1.82) is 0 Å². The Labute approximate surface area is 124 Å². The maximum Gasteiger partial charge on any atom is 0.136 e. The highest BCUT2D eigenvalue weighted by Crippen LogP contribution is 2.24. The number of hydrogen-bond donors (Lipinski definition) is 1. The molecule has 1 aromatic heterocycles. The lowest BCUT2D eigenvalue weighted by Crippen LogP contribution is -2.18. The molecule has 0 radical (unpaired) electrons. The smallest absolute Gasteiger partial charge is 0.136 e. The summed E-state index contributed by atoms with van der Waals surface area (Å²) in [5.74, 6) is 0. The zero-order valence-electron chi connectivity index (χ0n) is 11.9. The van der Waals surface area contributed by atoms with Crippen molar-refractivity contribution in [3.63, 3.8) is 0 Å². The molecule has 0 atom stereocenters. The van der Waals surface area contributed by atoms with Gasteiger partial charge < -0.3 is 5.32 Å². The van der Waals surface area contributed by atoms with Gasteiger partial charge in [0.15, 0.2) is 0 Å². The summed E-state index contributed by atoms with van der Waals surface area (Å²) in [6.45, 7) is 5.12. The zero-order valence-corrected chi connectivity index (χ0v) is 12.7. The molecule has 0 bridgehead atoms. The van der Waals surface area contributed by atoms with Crippen molar-refractivity contribution in [3.8, 4) is 0 Å². The van der Waals surface area contributed by atoms with E-state index in [0.29, 0.717) is 5.15 Å². The van der Waals surface area contributed by atoms with Crippen LogP contribution in [0.5, 0.6) is 0 Å². The van der Waals surface area contributed by atoms with Crippen LogP contribution in [0.4, 0.5) is 0 Å². The third-order valence-corrected chi connectivity index (χ3v) is 3.91. The van der Waals surface area contributed by atoms with Gasteiger partial charge in [0.25, 0.3) is 0 Å². The van der Waals surface area contributed by atoms with Crippen LogP contribution in [0.3, 0.4) is 0 Å². The van der Waals surface area contributed by atoms with Gasteiger partial charge in [-0.2, -0.15) is 0 Å². The lowest BCUT2D eigenvalue weighted by molar-refractivity contribution is 0.736. The van der Waals surface area contributed by atoms with Gasteiger partial charge in [0.1, 0.15) is 5.15 Å². The van der Waals surface area contributed by atoms with Gasteiger partial charge >= 0.3 is 0 Å². The molecule has 1 aliphatic rings. The standard InChI is InChI=1S/C17H19ClN2/c1-11-3-4-13-9-14(17(18)20-16(13)8-11)7-12(2)10-19-15-5-6-15/h3-4,7-9,15,19H,5-6,10H2,1-2H3. The number of aromatic nitrogens is 1. The fourth-order valence-corrected chi connectivity index (χ4v) is 2.48. The topological polar surface area (TPSA) is 24.9 Å². The lowest BCUT2D eigenvalue weighted by atomic mass is 10.1. The van der Waals surface area contributed by atoms with Crippen molar-refractivity contribution in [2.75, 3.05) is 6.54 Å². The quantitative estimate of drug-likeness (QED) is 0.845. The van der Waals surface area contributed by atoms with E-state index >= 15 is 0 Å². The molecule has 3 heteroatoms. The Kier molecular flexibility index (Phi) is 3.77. The second kappa shape index (κ2) is 5.55. The molecular formula is C17H19ClN2. The van der Waals surface area contributed by atoms with E-state index in [1.165, 1.54) is 24.0 Å². The average Bonchev–Trinajstić information content (AvgIpc) is 3.22. The van der Waals surface area contributed by atoms with Gasteiger partial charge in [0.2, 0.25) is 0 Å². The monoisotopic (exact) mass is 286 g/mol. The molecule has 104 valence electrons. The van der Waals surface area contributed by atoms with Crippen LogP contribution in [0.25, 0.3) is 17.0 Å². The number of nitrogens with zero attached hydrogens (tertiary/aromatic N) is 1. The van der Waals surface area contributed by atoms with Crippen molar-refractivity contribution in [2.24, 2.45) is 0 Å². The van der Waals surface area contributed by atoms with E-state index in [1.54, 1.807) is 0 Å². The Bertz CT molecular complexity index is 672. The molecular weight excluding hydrogens is 268 g/mol.